The molecule has 4 fully saturated rings. The Kier molecular flexibility index (Phi) is 4.57. The molecule has 0 aromatic rings. The van der Waals surface area contributed by atoms with Crippen molar-refractivity contribution in [3.8, 4) is 0 Å². The van der Waals surface area contributed by atoms with Gasteiger partial charge in [-0.1, -0.05) is 39.2 Å². The number of carbonyl (C=O) groups is 2. The lowest BCUT2D eigenvalue weighted by Crippen LogP contribution is -2.57. The highest BCUT2D eigenvalue weighted by Crippen LogP contribution is 2.71. The van der Waals surface area contributed by atoms with Gasteiger partial charge in [0.15, 0.2) is 5.78 Å². The largest absolute Gasteiger partial charge is 0.458 e. The third kappa shape index (κ3) is 2.67. The molecule has 160 valence electrons. The number of carbonyl (C=O) groups excluding carboxylic acids is 2. The fraction of sp³-hybridized carbons (Fsp3) is 0.846. The molecular formula is C26H38O3. The third-order valence-corrected chi connectivity index (χ3v) is 10.4. The van der Waals surface area contributed by atoms with Crippen molar-refractivity contribution < 1.29 is 14.3 Å². The van der Waals surface area contributed by atoms with Crippen LogP contribution in [0.15, 0.2) is 11.6 Å². The fourth-order valence-electron chi connectivity index (χ4n) is 8.76. The zero-order valence-electron chi connectivity index (χ0n) is 18.6. The van der Waals surface area contributed by atoms with E-state index in [9.17, 15) is 9.59 Å². The number of unbranched alkanes of at least 4 members (excludes halogenated alkanes) is 1. The van der Waals surface area contributed by atoms with Crippen molar-refractivity contribution in [2.24, 2.45) is 34.5 Å². The van der Waals surface area contributed by atoms with Crippen LogP contribution < -0.4 is 0 Å². The van der Waals surface area contributed by atoms with Crippen LogP contribution in [0.2, 0.25) is 0 Å². The molecule has 1 saturated heterocycles. The van der Waals surface area contributed by atoms with Gasteiger partial charge in [-0.15, -0.1) is 0 Å². The van der Waals surface area contributed by atoms with Gasteiger partial charge in [0, 0.05) is 18.3 Å². The predicted octanol–water partition coefficient (Wildman–Crippen LogP) is 6.01. The van der Waals surface area contributed by atoms with Crippen molar-refractivity contribution >= 4 is 11.8 Å². The molecule has 3 nitrogen and oxygen atoms in total. The topological polar surface area (TPSA) is 43.4 Å². The van der Waals surface area contributed by atoms with Gasteiger partial charge in [-0.05, 0) is 86.5 Å². The first-order valence-electron chi connectivity index (χ1n) is 12.3. The van der Waals surface area contributed by atoms with Crippen LogP contribution >= 0.6 is 0 Å². The molecule has 3 heteroatoms. The summed E-state index contributed by atoms with van der Waals surface area (Å²) in [5.74, 6) is 3.18. The van der Waals surface area contributed by atoms with Crippen LogP contribution in [0.25, 0.3) is 0 Å². The number of allylic oxidation sites excluding steroid dienone is 1. The molecule has 0 N–H and O–H groups in total. The van der Waals surface area contributed by atoms with E-state index in [2.05, 4.69) is 20.8 Å². The lowest BCUT2D eigenvalue weighted by Gasteiger charge is -2.61. The summed E-state index contributed by atoms with van der Waals surface area (Å²) in [6, 6.07) is 0. The summed E-state index contributed by atoms with van der Waals surface area (Å²) in [6.07, 6.45) is 15.0. The van der Waals surface area contributed by atoms with Gasteiger partial charge >= 0.3 is 5.97 Å². The number of ketones is 1. The molecule has 0 aromatic carbocycles. The molecule has 29 heavy (non-hydrogen) atoms. The van der Waals surface area contributed by atoms with E-state index in [1.54, 1.807) is 0 Å². The second kappa shape index (κ2) is 6.69. The lowest BCUT2D eigenvalue weighted by molar-refractivity contribution is -0.171. The molecule has 0 radical (unpaired) electrons. The van der Waals surface area contributed by atoms with Gasteiger partial charge in [0.25, 0.3) is 0 Å². The average Bonchev–Trinajstić information content (AvgIpc) is 3.21. The number of ether oxygens (including phenoxy) is 1. The van der Waals surface area contributed by atoms with Crippen LogP contribution in [0.5, 0.6) is 0 Å². The fourth-order valence-corrected chi connectivity index (χ4v) is 8.76. The van der Waals surface area contributed by atoms with Gasteiger partial charge in [0.1, 0.15) is 5.60 Å². The Morgan fingerprint density at radius 3 is 2.55 bits per heavy atom. The number of rotatable bonds is 3. The van der Waals surface area contributed by atoms with Crippen molar-refractivity contribution in [1.29, 1.82) is 0 Å². The Bertz CT molecular complexity index is 753. The van der Waals surface area contributed by atoms with Crippen LogP contribution in [0.3, 0.4) is 0 Å². The molecule has 0 aromatic heterocycles. The first-order valence-corrected chi connectivity index (χ1v) is 12.3. The maximum absolute atomic E-state index is 12.3. The van der Waals surface area contributed by atoms with Crippen LogP contribution in [-0.2, 0) is 14.3 Å². The Morgan fingerprint density at radius 1 is 1.03 bits per heavy atom. The number of esters is 1. The van der Waals surface area contributed by atoms with E-state index in [0.717, 1.165) is 38.0 Å². The van der Waals surface area contributed by atoms with E-state index in [4.69, 9.17) is 4.74 Å². The van der Waals surface area contributed by atoms with E-state index in [1.165, 1.54) is 44.1 Å². The highest BCUT2D eigenvalue weighted by molar-refractivity contribution is 5.91. The Morgan fingerprint density at radius 2 is 1.83 bits per heavy atom. The summed E-state index contributed by atoms with van der Waals surface area (Å²) in [5.41, 5.74) is 1.64. The average molecular weight is 399 g/mol. The lowest BCUT2D eigenvalue weighted by atomic mass is 9.43. The van der Waals surface area contributed by atoms with Crippen molar-refractivity contribution in [3.05, 3.63) is 11.6 Å². The highest BCUT2D eigenvalue weighted by Gasteiger charge is 2.68. The zero-order valence-corrected chi connectivity index (χ0v) is 18.6. The molecule has 3 saturated carbocycles. The standard InChI is InChI=1S/C26H38O3/c1-4-5-6-17-15-18-16-19(27)7-11-24(18,2)20-8-12-25(3)21(23(17)20)9-13-26(25)14-10-22(28)29-26/h16-17,20-21,23H,4-15H2,1-3H3/t17?,20?,21?,23?,24?,25?,26-/m1/s1. The quantitative estimate of drug-likeness (QED) is 0.547. The summed E-state index contributed by atoms with van der Waals surface area (Å²) < 4.78 is 6.13. The van der Waals surface area contributed by atoms with Gasteiger partial charge in [-0.25, -0.2) is 0 Å². The van der Waals surface area contributed by atoms with Crippen molar-refractivity contribution in [2.75, 3.05) is 0 Å². The maximum atomic E-state index is 12.3. The van der Waals surface area contributed by atoms with Gasteiger partial charge < -0.3 is 4.74 Å². The van der Waals surface area contributed by atoms with Crippen molar-refractivity contribution in [3.63, 3.8) is 0 Å². The molecule has 1 heterocycles. The summed E-state index contributed by atoms with van der Waals surface area (Å²) in [6.45, 7) is 7.23. The molecular weight excluding hydrogens is 360 g/mol. The maximum Gasteiger partial charge on any atom is 0.306 e. The first-order chi connectivity index (χ1) is 13.8. The molecule has 0 amide bonds. The summed E-state index contributed by atoms with van der Waals surface area (Å²) in [5, 5.41) is 0. The van der Waals surface area contributed by atoms with Crippen LogP contribution in [-0.4, -0.2) is 17.4 Å². The molecule has 0 bridgehead atoms. The summed E-state index contributed by atoms with van der Waals surface area (Å²) in [7, 11) is 0. The van der Waals surface area contributed by atoms with Gasteiger partial charge in [0.05, 0.1) is 0 Å². The molecule has 5 aliphatic rings. The third-order valence-electron chi connectivity index (χ3n) is 10.4. The number of hydrogen-bond donors (Lipinski definition) is 0. The van der Waals surface area contributed by atoms with E-state index < -0.39 is 0 Å². The zero-order chi connectivity index (χ0) is 20.4. The number of hydrogen-bond acceptors (Lipinski definition) is 3. The van der Waals surface area contributed by atoms with Crippen molar-refractivity contribution in [2.45, 2.75) is 103 Å². The Balaban J connectivity index is 1.53. The van der Waals surface area contributed by atoms with E-state index >= 15 is 0 Å². The number of fused-ring (bicyclic) bond motifs is 6. The summed E-state index contributed by atoms with van der Waals surface area (Å²) >= 11 is 0. The van der Waals surface area contributed by atoms with E-state index in [-0.39, 0.29) is 22.4 Å². The van der Waals surface area contributed by atoms with Gasteiger partial charge in [-0.3, -0.25) is 9.59 Å². The van der Waals surface area contributed by atoms with Crippen LogP contribution in [0.1, 0.15) is 97.8 Å². The van der Waals surface area contributed by atoms with Gasteiger partial charge in [-0.2, -0.15) is 0 Å². The second-order valence-electron chi connectivity index (χ2n) is 11.4. The SMILES string of the molecule is CCCCC1CC2=CC(=O)CCC2(C)C2CCC3(C)C(CC[C@@]34CCC(=O)O4)C12. The molecule has 1 aliphatic heterocycles. The van der Waals surface area contributed by atoms with Gasteiger partial charge in [0.2, 0.25) is 0 Å². The molecule has 4 aliphatic carbocycles. The van der Waals surface area contributed by atoms with Crippen LogP contribution in [0, 0.1) is 34.5 Å². The molecule has 1 spiro atoms. The Hall–Kier alpha value is -1.12. The molecule has 5 rings (SSSR count). The monoisotopic (exact) mass is 398 g/mol. The minimum absolute atomic E-state index is 0.0307. The Labute approximate surface area is 176 Å². The minimum Gasteiger partial charge on any atom is -0.458 e. The molecule has 6 unspecified atom stereocenters. The minimum atomic E-state index is -0.186. The second-order valence-corrected chi connectivity index (χ2v) is 11.4. The normalized spacial score (nSPS) is 48.7. The summed E-state index contributed by atoms with van der Waals surface area (Å²) in [4.78, 5) is 24.4. The predicted molar refractivity (Wildman–Crippen MR) is 113 cm³/mol. The van der Waals surface area contributed by atoms with Crippen LogP contribution in [0.4, 0.5) is 0 Å². The van der Waals surface area contributed by atoms with E-state index in [0.29, 0.717) is 30.0 Å². The van der Waals surface area contributed by atoms with E-state index in [1.807, 2.05) is 6.08 Å². The first kappa shape index (κ1) is 19.8. The molecule has 7 atom stereocenters. The highest BCUT2D eigenvalue weighted by atomic mass is 16.6. The smallest absolute Gasteiger partial charge is 0.306 e. The van der Waals surface area contributed by atoms with Crippen molar-refractivity contribution in [1.82, 2.24) is 0 Å².